The number of amides is 2. The largest absolute Gasteiger partial charge is 0.497 e. The Hall–Kier alpha value is -2.73. The van der Waals surface area contributed by atoms with E-state index in [1.165, 1.54) is 14.2 Å². The van der Waals surface area contributed by atoms with Crippen LogP contribution in [0.2, 0.25) is 5.02 Å². The summed E-state index contributed by atoms with van der Waals surface area (Å²) in [6.07, 6.45) is 0.684. The molecule has 0 saturated carbocycles. The minimum absolute atomic E-state index is 0.112. The highest BCUT2D eigenvalue weighted by Crippen LogP contribution is 2.22. The number of hydrogen-bond acceptors (Lipinski definition) is 4. The van der Waals surface area contributed by atoms with Crippen LogP contribution in [0.25, 0.3) is 0 Å². The number of hydrogen-bond donors (Lipinski definition) is 2. The van der Waals surface area contributed by atoms with Crippen molar-refractivity contribution in [3.05, 3.63) is 58.6 Å². The van der Waals surface area contributed by atoms with Gasteiger partial charge in [-0.2, -0.15) is 0 Å². The predicted octanol–water partition coefficient (Wildman–Crippen LogP) is 2.45. The smallest absolute Gasteiger partial charge is 0.251 e. The van der Waals surface area contributed by atoms with Gasteiger partial charge in [0.25, 0.3) is 5.91 Å². The van der Waals surface area contributed by atoms with Crippen LogP contribution in [-0.4, -0.2) is 39.1 Å². The molecule has 2 aromatic carbocycles. The minimum Gasteiger partial charge on any atom is -0.497 e. The maximum atomic E-state index is 12.2. The molecule has 0 atom stereocenters. The zero-order valence-corrected chi connectivity index (χ0v) is 15.4. The zero-order chi connectivity index (χ0) is 18.9. The van der Waals surface area contributed by atoms with E-state index >= 15 is 0 Å². The summed E-state index contributed by atoms with van der Waals surface area (Å²) in [6, 6.07) is 12.3. The molecular weight excluding hydrogens is 356 g/mol. The number of nitrogens with one attached hydrogen (secondary N) is 2. The van der Waals surface area contributed by atoms with E-state index in [-0.39, 0.29) is 18.4 Å². The van der Waals surface area contributed by atoms with Gasteiger partial charge in [0.05, 0.1) is 20.8 Å². The highest BCUT2D eigenvalue weighted by molar-refractivity contribution is 6.30. The van der Waals surface area contributed by atoms with E-state index in [4.69, 9.17) is 21.1 Å². The second-order valence-corrected chi connectivity index (χ2v) is 5.95. The fraction of sp³-hybridized carbons (Fsp3) is 0.263. The fourth-order valence-corrected chi connectivity index (χ4v) is 2.39. The van der Waals surface area contributed by atoms with Crippen molar-refractivity contribution >= 4 is 23.4 Å². The standard InChI is InChI=1S/C19H21ClN2O4/c1-25-16-9-14(10-17(11-16)26-2)19(24)22-12-18(23)21-8-7-13-3-5-15(20)6-4-13/h3-6,9-11H,7-8,12H2,1-2H3,(H,21,23)(H,22,24). The van der Waals surface area contributed by atoms with E-state index in [0.29, 0.717) is 35.1 Å². The second kappa shape index (κ2) is 9.68. The number of carbonyl (C=O) groups is 2. The first-order chi connectivity index (χ1) is 12.5. The Bertz CT molecular complexity index is 740. The van der Waals surface area contributed by atoms with Crippen LogP contribution in [0.4, 0.5) is 0 Å². The number of methoxy groups -OCH3 is 2. The summed E-state index contributed by atoms with van der Waals surface area (Å²) >= 11 is 5.83. The monoisotopic (exact) mass is 376 g/mol. The molecular formula is C19H21ClN2O4. The average Bonchev–Trinajstić information content (AvgIpc) is 2.67. The molecule has 0 radical (unpaired) electrons. The highest BCUT2D eigenvalue weighted by Gasteiger charge is 2.11. The van der Waals surface area contributed by atoms with E-state index in [0.717, 1.165) is 5.56 Å². The number of carbonyl (C=O) groups excluding carboxylic acids is 2. The summed E-state index contributed by atoms with van der Waals surface area (Å²) in [6.45, 7) is 0.363. The van der Waals surface area contributed by atoms with Gasteiger partial charge in [-0.1, -0.05) is 23.7 Å². The Kier molecular flexibility index (Phi) is 7.29. The number of halogens is 1. The van der Waals surface area contributed by atoms with Crippen LogP contribution in [0.3, 0.4) is 0 Å². The van der Waals surface area contributed by atoms with Crippen LogP contribution in [0, 0.1) is 0 Å². The van der Waals surface area contributed by atoms with Crippen LogP contribution >= 0.6 is 11.6 Å². The van der Waals surface area contributed by atoms with Gasteiger partial charge in [-0.25, -0.2) is 0 Å². The summed E-state index contributed by atoms with van der Waals surface area (Å²) < 4.78 is 10.3. The van der Waals surface area contributed by atoms with Gasteiger partial charge < -0.3 is 20.1 Å². The van der Waals surface area contributed by atoms with E-state index in [9.17, 15) is 9.59 Å². The molecule has 0 unspecified atom stereocenters. The average molecular weight is 377 g/mol. The molecule has 0 aliphatic carbocycles. The summed E-state index contributed by atoms with van der Waals surface area (Å²) in [7, 11) is 3.01. The van der Waals surface area contributed by atoms with Gasteiger partial charge in [0, 0.05) is 23.2 Å². The first-order valence-electron chi connectivity index (χ1n) is 8.04. The molecule has 0 spiro atoms. The molecule has 0 bridgehead atoms. The molecule has 0 fully saturated rings. The zero-order valence-electron chi connectivity index (χ0n) is 14.7. The van der Waals surface area contributed by atoms with Gasteiger partial charge in [0.1, 0.15) is 11.5 Å². The Morgan fingerprint density at radius 3 is 2.15 bits per heavy atom. The molecule has 2 aromatic rings. The molecule has 2 rings (SSSR count). The lowest BCUT2D eigenvalue weighted by molar-refractivity contribution is -0.120. The molecule has 26 heavy (non-hydrogen) atoms. The number of ether oxygens (including phenoxy) is 2. The number of rotatable bonds is 8. The van der Waals surface area contributed by atoms with Crippen molar-refractivity contribution in [2.24, 2.45) is 0 Å². The molecule has 0 saturated heterocycles. The SMILES string of the molecule is COc1cc(OC)cc(C(=O)NCC(=O)NCCc2ccc(Cl)cc2)c1. The van der Waals surface area contributed by atoms with Gasteiger partial charge in [-0.05, 0) is 36.2 Å². The Labute approximate surface area is 157 Å². The summed E-state index contributed by atoms with van der Waals surface area (Å²) in [5, 5.41) is 6.02. The lowest BCUT2D eigenvalue weighted by Crippen LogP contribution is -2.37. The minimum atomic E-state index is -0.380. The van der Waals surface area contributed by atoms with Crippen molar-refractivity contribution in [1.82, 2.24) is 10.6 Å². The number of benzene rings is 2. The first-order valence-corrected chi connectivity index (χ1v) is 8.42. The molecule has 0 aromatic heterocycles. The molecule has 0 heterocycles. The van der Waals surface area contributed by atoms with Crippen LogP contribution in [0.1, 0.15) is 15.9 Å². The summed E-state index contributed by atoms with van der Waals surface area (Å²) in [5.41, 5.74) is 1.43. The lowest BCUT2D eigenvalue weighted by Gasteiger charge is -2.10. The Balaban J connectivity index is 1.79. The van der Waals surface area contributed by atoms with Crippen LogP contribution in [-0.2, 0) is 11.2 Å². The van der Waals surface area contributed by atoms with Crippen molar-refractivity contribution < 1.29 is 19.1 Å². The van der Waals surface area contributed by atoms with Gasteiger partial charge in [-0.3, -0.25) is 9.59 Å². The van der Waals surface area contributed by atoms with Crippen LogP contribution in [0.5, 0.6) is 11.5 Å². The summed E-state index contributed by atoms with van der Waals surface area (Å²) in [5.74, 6) is 0.362. The highest BCUT2D eigenvalue weighted by atomic mass is 35.5. The van der Waals surface area contributed by atoms with Crippen molar-refractivity contribution in [2.45, 2.75) is 6.42 Å². The van der Waals surface area contributed by atoms with Gasteiger partial charge >= 0.3 is 0 Å². The van der Waals surface area contributed by atoms with Crippen LogP contribution in [0.15, 0.2) is 42.5 Å². The normalized spacial score (nSPS) is 10.1. The molecule has 2 amide bonds. The van der Waals surface area contributed by atoms with Crippen molar-refractivity contribution in [1.29, 1.82) is 0 Å². The van der Waals surface area contributed by atoms with E-state index in [2.05, 4.69) is 10.6 Å². The Morgan fingerprint density at radius 1 is 0.962 bits per heavy atom. The quantitative estimate of drug-likeness (QED) is 0.742. The van der Waals surface area contributed by atoms with Gasteiger partial charge in [-0.15, -0.1) is 0 Å². The van der Waals surface area contributed by atoms with Gasteiger partial charge in [0.15, 0.2) is 0 Å². The van der Waals surface area contributed by atoms with Gasteiger partial charge in [0.2, 0.25) is 5.91 Å². The third-order valence-corrected chi connectivity index (χ3v) is 3.92. The van der Waals surface area contributed by atoms with Crippen LogP contribution < -0.4 is 20.1 Å². The third-order valence-electron chi connectivity index (χ3n) is 3.67. The van der Waals surface area contributed by atoms with E-state index in [1.807, 2.05) is 12.1 Å². The fourth-order valence-electron chi connectivity index (χ4n) is 2.26. The maximum Gasteiger partial charge on any atom is 0.251 e. The molecule has 0 aliphatic rings. The molecule has 0 aliphatic heterocycles. The van der Waals surface area contributed by atoms with Crippen molar-refractivity contribution in [2.75, 3.05) is 27.3 Å². The topological polar surface area (TPSA) is 76.7 Å². The van der Waals surface area contributed by atoms with E-state index in [1.54, 1.807) is 30.3 Å². The second-order valence-electron chi connectivity index (χ2n) is 5.51. The van der Waals surface area contributed by atoms with E-state index < -0.39 is 0 Å². The molecule has 2 N–H and O–H groups in total. The summed E-state index contributed by atoms with van der Waals surface area (Å²) in [4.78, 5) is 24.1. The maximum absolute atomic E-state index is 12.2. The Morgan fingerprint density at radius 2 is 1.58 bits per heavy atom. The predicted molar refractivity (Wildman–Crippen MR) is 100 cm³/mol. The van der Waals surface area contributed by atoms with Crippen molar-refractivity contribution in [3.63, 3.8) is 0 Å². The molecule has 7 heteroatoms. The third kappa shape index (κ3) is 5.97. The first kappa shape index (κ1) is 19.6. The molecule has 6 nitrogen and oxygen atoms in total. The van der Waals surface area contributed by atoms with Crippen molar-refractivity contribution in [3.8, 4) is 11.5 Å². The lowest BCUT2D eigenvalue weighted by atomic mass is 10.1. The molecule has 138 valence electrons.